The Labute approximate surface area is 175 Å². The number of urea groups is 1. The first-order valence-corrected chi connectivity index (χ1v) is 9.81. The van der Waals surface area contributed by atoms with Crippen LogP contribution in [0.3, 0.4) is 0 Å². The van der Waals surface area contributed by atoms with Gasteiger partial charge in [0.25, 0.3) is 5.91 Å². The lowest BCUT2D eigenvalue weighted by Crippen LogP contribution is -2.44. The third-order valence-corrected chi connectivity index (χ3v) is 5.39. The molecule has 152 valence electrons. The third kappa shape index (κ3) is 3.89. The summed E-state index contributed by atoms with van der Waals surface area (Å²) in [4.78, 5) is 25.3. The molecule has 3 aromatic carbocycles. The maximum atomic E-state index is 12.9. The fourth-order valence-corrected chi connectivity index (χ4v) is 3.56. The zero-order valence-corrected chi connectivity index (χ0v) is 17.0. The van der Waals surface area contributed by atoms with E-state index in [-0.39, 0.29) is 5.91 Å². The van der Waals surface area contributed by atoms with E-state index in [9.17, 15) is 9.59 Å². The Bertz CT molecular complexity index is 1130. The second kappa shape index (κ2) is 7.99. The van der Waals surface area contributed by atoms with Gasteiger partial charge in [-0.25, -0.2) is 4.79 Å². The number of hydrogen-bond acceptors (Lipinski definition) is 4. The summed E-state index contributed by atoms with van der Waals surface area (Å²) in [6.45, 7) is 1.75. The van der Waals surface area contributed by atoms with E-state index in [1.165, 1.54) is 6.21 Å². The molecule has 6 nitrogen and oxygen atoms in total. The molecule has 3 aromatic rings. The van der Waals surface area contributed by atoms with Crippen LogP contribution >= 0.6 is 0 Å². The molecule has 6 heteroatoms. The molecule has 0 bridgehead atoms. The molecule has 0 aliphatic carbocycles. The summed E-state index contributed by atoms with van der Waals surface area (Å²) in [6.07, 6.45) is 2.73. The van der Waals surface area contributed by atoms with Crippen molar-refractivity contribution < 1.29 is 14.3 Å². The van der Waals surface area contributed by atoms with Gasteiger partial charge in [0.15, 0.2) is 0 Å². The Hall–Kier alpha value is -3.67. The Morgan fingerprint density at radius 3 is 2.53 bits per heavy atom. The SMILES string of the molecule is COc1ccc2cc(/C=N\N3C(=O)N[C@@](C)(CCc4ccccc4)C3=O)ccc2c1. The minimum Gasteiger partial charge on any atom is -0.497 e. The normalized spacial score (nSPS) is 18.9. The number of aryl methyl sites for hydroxylation is 1. The van der Waals surface area contributed by atoms with Crippen molar-refractivity contribution in [3.8, 4) is 5.75 Å². The Balaban J connectivity index is 1.48. The maximum absolute atomic E-state index is 12.9. The zero-order valence-electron chi connectivity index (χ0n) is 17.0. The number of imide groups is 1. The number of carbonyl (C=O) groups is 2. The summed E-state index contributed by atoms with van der Waals surface area (Å²) < 4.78 is 5.24. The monoisotopic (exact) mass is 401 g/mol. The number of benzene rings is 3. The van der Waals surface area contributed by atoms with Gasteiger partial charge in [0.05, 0.1) is 13.3 Å². The highest BCUT2D eigenvalue weighted by atomic mass is 16.5. The zero-order chi connectivity index (χ0) is 21.1. The van der Waals surface area contributed by atoms with Crippen LogP contribution in [-0.4, -0.2) is 35.8 Å². The molecule has 1 aliphatic heterocycles. The predicted molar refractivity (Wildman–Crippen MR) is 117 cm³/mol. The molecule has 1 aliphatic rings. The molecule has 1 fully saturated rings. The van der Waals surface area contributed by atoms with Crippen LogP contribution in [0.25, 0.3) is 10.8 Å². The summed E-state index contributed by atoms with van der Waals surface area (Å²) in [6, 6.07) is 21.0. The van der Waals surface area contributed by atoms with Gasteiger partial charge in [-0.15, -0.1) is 5.01 Å². The van der Waals surface area contributed by atoms with Crippen molar-refractivity contribution in [3.05, 3.63) is 77.9 Å². The first kappa shape index (κ1) is 19.6. The minimum absolute atomic E-state index is 0.342. The van der Waals surface area contributed by atoms with Crippen LogP contribution in [0.1, 0.15) is 24.5 Å². The first-order chi connectivity index (χ1) is 14.5. The van der Waals surface area contributed by atoms with Crippen molar-refractivity contribution in [2.45, 2.75) is 25.3 Å². The summed E-state index contributed by atoms with van der Waals surface area (Å²) in [5, 5.41) is 9.93. The van der Waals surface area contributed by atoms with Crippen LogP contribution in [0.2, 0.25) is 0 Å². The molecule has 4 rings (SSSR count). The number of hydrazone groups is 1. The van der Waals surface area contributed by atoms with Crippen molar-refractivity contribution in [1.29, 1.82) is 0 Å². The fraction of sp³-hybridized carbons (Fsp3) is 0.208. The van der Waals surface area contributed by atoms with E-state index in [2.05, 4.69) is 10.4 Å². The molecule has 0 aromatic heterocycles. The lowest BCUT2D eigenvalue weighted by molar-refractivity contribution is -0.130. The molecule has 30 heavy (non-hydrogen) atoms. The smallest absolute Gasteiger partial charge is 0.346 e. The van der Waals surface area contributed by atoms with E-state index in [0.29, 0.717) is 12.8 Å². The van der Waals surface area contributed by atoms with E-state index in [1.54, 1.807) is 14.0 Å². The van der Waals surface area contributed by atoms with Gasteiger partial charge < -0.3 is 10.1 Å². The van der Waals surface area contributed by atoms with Crippen molar-refractivity contribution in [3.63, 3.8) is 0 Å². The Kier molecular flexibility index (Phi) is 5.23. The highest BCUT2D eigenvalue weighted by Gasteiger charge is 2.47. The fourth-order valence-electron chi connectivity index (χ4n) is 3.56. The van der Waals surface area contributed by atoms with Crippen LogP contribution in [0.15, 0.2) is 71.8 Å². The quantitative estimate of drug-likeness (QED) is 0.499. The summed E-state index contributed by atoms with van der Waals surface area (Å²) in [7, 11) is 1.63. The van der Waals surface area contributed by atoms with Gasteiger partial charge in [0.2, 0.25) is 0 Å². The van der Waals surface area contributed by atoms with Gasteiger partial charge in [0, 0.05) is 0 Å². The number of ether oxygens (including phenoxy) is 1. The number of fused-ring (bicyclic) bond motifs is 1. The molecule has 1 N–H and O–H groups in total. The summed E-state index contributed by atoms with van der Waals surface area (Å²) in [5.41, 5.74) is 0.950. The number of carbonyl (C=O) groups excluding carboxylic acids is 2. The van der Waals surface area contributed by atoms with Gasteiger partial charge in [-0.3, -0.25) is 4.79 Å². The van der Waals surface area contributed by atoms with Crippen molar-refractivity contribution in [1.82, 2.24) is 10.3 Å². The molecule has 0 spiro atoms. The average molecular weight is 401 g/mol. The van der Waals surface area contributed by atoms with Crippen LogP contribution in [0.4, 0.5) is 4.79 Å². The van der Waals surface area contributed by atoms with Gasteiger partial charge in [-0.1, -0.05) is 48.5 Å². The van der Waals surface area contributed by atoms with Crippen molar-refractivity contribution in [2.75, 3.05) is 7.11 Å². The van der Waals surface area contributed by atoms with Crippen LogP contribution < -0.4 is 10.1 Å². The molecular weight excluding hydrogens is 378 g/mol. The van der Waals surface area contributed by atoms with Gasteiger partial charge in [-0.2, -0.15) is 5.10 Å². The lowest BCUT2D eigenvalue weighted by atomic mass is 9.93. The van der Waals surface area contributed by atoms with Crippen LogP contribution in [-0.2, 0) is 11.2 Å². The molecule has 0 radical (unpaired) electrons. The standard InChI is InChI=1S/C24H23N3O3/c1-24(13-12-17-6-4-3-5-7-17)22(28)27(23(29)26-24)25-16-18-8-9-20-15-21(30-2)11-10-19(20)14-18/h3-11,14-16H,12-13H2,1-2H3,(H,26,29)/b25-16-/t24-/m0/s1. The number of methoxy groups -OCH3 is 1. The summed E-state index contributed by atoms with van der Waals surface area (Å²) >= 11 is 0. The molecule has 0 saturated carbocycles. The Morgan fingerprint density at radius 1 is 1.03 bits per heavy atom. The van der Waals surface area contributed by atoms with Crippen LogP contribution in [0, 0.1) is 0 Å². The summed E-state index contributed by atoms with van der Waals surface area (Å²) in [5.74, 6) is 0.447. The average Bonchev–Trinajstić information content (AvgIpc) is 2.99. The number of rotatable bonds is 6. The highest BCUT2D eigenvalue weighted by Crippen LogP contribution is 2.24. The minimum atomic E-state index is -0.968. The molecule has 1 atom stereocenters. The maximum Gasteiger partial charge on any atom is 0.346 e. The number of hydrogen-bond donors (Lipinski definition) is 1. The molecule has 0 unspecified atom stereocenters. The second-order valence-electron chi connectivity index (χ2n) is 7.58. The van der Waals surface area contributed by atoms with E-state index in [4.69, 9.17) is 4.74 Å². The molecule has 3 amide bonds. The topological polar surface area (TPSA) is 71.0 Å². The Morgan fingerprint density at radius 2 is 1.77 bits per heavy atom. The second-order valence-corrected chi connectivity index (χ2v) is 7.58. The lowest BCUT2D eigenvalue weighted by Gasteiger charge is -2.20. The molecule has 1 saturated heterocycles. The van der Waals surface area contributed by atoms with Crippen molar-refractivity contribution >= 4 is 28.9 Å². The predicted octanol–water partition coefficient (Wildman–Crippen LogP) is 4.13. The number of nitrogens with one attached hydrogen (secondary N) is 1. The van der Waals surface area contributed by atoms with Gasteiger partial charge in [0.1, 0.15) is 11.3 Å². The molecular formula is C24H23N3O3. The van der Waals surface area contributed by atoms with E-state index >= 15 is 0 Å². The van der Waals surface area contributed by atoms with Gasteiger partial charge >= 0.3 is 6.03 Å². The highest BCUT2D eigenvalue weighted by molar-refractivity contribution is 6.07. The van der Waals surface area contributed by atoms with Crippen LogP contribution in [0.5, 0.6) is 5.75 Å². The molecule has 1 heterocycles. The van der Waals surface area contributed by atoms with Crippen molar-refractivity contribution in [2.24, 2.45) is 5.10 Å². The number of nitrogens with zero attached hydrogens (tertiary/aromatic N) is 2. The third-order valence-electron chi connectivity index (χ3n) is 5.39. The first-order valence-electron chi connectivity index (χ1n) is 9.81. The van der Waals surface area contributed by atoms with E-state index < -0.39 is 11.6 Å². The van der Waals surface area contributed by atoms with E-state index in [1.807, 2.05) is 66.7 Å². The largest absolute Gasteiger partial charge is 0.497 e. The van der Waals surface area contributed by atoms with Gasteiger partial charge in [-0.05, 0) is 59.9 Å². The number of amides is 3. The van der Waals surface area contributed by atoms with E-state index in [0.717, 1.165) is 32.7 Å².